The molecule has 3 rings (SSSR count). The van der Waals surface area contributed by atoms with E-state index < -0.39 is 11.2 Å². The first-order chi connectivity index (χ1) is 15.8. The molecule has 1 aromatic heterocycles. The van der Waals surface area contributed by atoms with Gasteiger partial charge in [0.15, 0.2) is 11.5 Å². The Bertz CT molecular complexity index is 1040. The summed E-state index contributed by atoms with van der Waals surface area (Å²) < 4.78 is 18.4. The number of rotatable bonds is 11. The molecule has 0 aliphatic carbocycles. The van der Waals surface area contributed by atoms with Crippen molar-refractivity contribution < 1.29 is 13.8 Å². The van der Waals surface area contributed by atoms with Gasteiger partial charge in [-0.25, -0.2) is 4.98 Å². The minimum absolute atomic E-state index is 0.0492. The van der Waals surface area contributed by atoms with Gasteiger partial charge in [-0.15, -0.1) is 0 Å². The van der Waals surface area contributed by atoms with Crippen molar-refractivity contribution in [2.24, 2.45) is 0 Å². The second kappa shape index (κ2) is 12.0. The Morgan fingerprint density at radius 3 is 2.61 bits per heavy atom. The molecule has 1 N–H and O–H groups in total. The first kappa shape index (κ1) is 25.0. The maximum atomic E-state index is 12.6. The van der Waals surface area contributed by atoms with Crippen LogP contribution in [0.1, 0.15) is 36.4 Å². The maximum Gasteiger partial charge on any atom is 0.269 e. The molecule has 33 heavy (non-hydrogen) atoms. The van der Waals surface area contributed by atoms with Gasteiger partial charge in [0.2, 0.25) is 5.89 Å². The number of aromatic nitrogens is 1. The molecular weight excluding hydrogens is 434 g/mol. The van der Waals surface area contributed by atoms with Crippen molar-refractivity contribution in [3.05, 3.63) is 77.2 Å². The number of nitrogens with zero attached hydrogens (tertiary/aromatic N) is 2. The molecule has 1 heterocycles. The summed E-state index contributed by atoms with van der Waals surface area (Å²) >= 11 is -1.36. The van der Waals surface area contributed by atoms with E-state index in [-0.39, 0.29) is 17.4 Å². The quantitative estimate of drug-likeness (QED) is 0.427. The van der Waals surface area contributed by atoms with Crippen LogP contribution in [0.4, 0.5) is 0 Å². The van der Waals surface area contributed by atoms with E-state index in [0.29, 0.717) is 29.9 Å². The minimum atomic E-state index is -1.36. The normalized spacial score (nSPS) is 12.3. The predicted molar refractivity (Wildman–Crippen MR) is 133 cm³/mol. The van der Waals surface area contributed by atoms with Gasteiger partial charge in [-0.3, -0.25) is 9.69 Å². The van der Waals surface area contributed by atoms with Crippen LogP contribution in [-0.2, 0) is 28.3 Å². The van der Waals surface area contributed by atoms with Gasteiger partial charge in [0, 0.05) is 31.2 Å². The number of benzene rings is 2. The average molecular weight is 468 g/mol. The van der Waals surface area contributed by atoms with Crippen LogP contribution in [-0.4, -0.2) is 45.2 Å². The molecule has 6 nitrogen and oxygen atoms in total. The van der Waals surface area contributed by atoms with E-state index in [1.165, 1.54) is 5.56 Å². The van der Waals surface area contributed by atoms with E-state index in [1.807, 2.05) is 56.3 Å². The van der Waals surface area contributed by atoms with Crippen molar-refractivity contribution in [1.82, 2.24) is 15.2 Å². The lowest BCUT2D eigenvalue weighted by Crippen LogP contribution is -2.40. The molecule has 176 valence electrons. The summed E-state index contributed by atoms with van der Waals surface area (Å²) in [5.41, 5.74) is 3.88. The standard InChI is InChI=1S/C26H33N3O3S/c1-19(2)29(16-22-10-6-5-7-11-22)14-13-27-25(30)18-33(31)17-24-21(4)32-26(28-24)23-12-8-9-20(3)15-23/h5-12,15,19H,13-14,16-18H2,1-4H3,(H,27,30). The van der Waals surface area contributed by atoms with Crippen LogP contribution in [0, 0.1) is 13.8 Å². The Hall–Kier alpha value is -2.61. The predicted octanol–water partition coefficient (Wildman–Crippen LogP) is 4.23. The molecule has 1 unspecified atom stereocenters. The Labute approximate surface area is 199 Å². The third-order valence-corrected chi connectivity index (χ3v) is 6.61. The Morgan fingerprint density at radius 1 is 1.15 bits per heavy atom. The molecule has 0 saturated carbocycles. The fraction of sp³-hybridized carbons (Fsp3) is 0.385. The number of hydrogen-bond acceptors (Lipinski definition) is 5. The summed E-state index contributed by atoms with van der Waals surface area (Å²) in [4.78, 5) is 19.2. The monoisotopic (exact) mass is 467 g/mol. The smallest absolute Gasteiger partial charge is 0.269 e. The van der Waals surface area contributed by atoms with Crippen molar-refractivity contribution in [1.29, 1.82) is 0 Å². The summed E-state index contributed by atoms with van der Waals surface area (Å²) in [5, 5.41) is 2.90. The number of amides is 1. The van der Waals surface area contributed by atoms with Crippen molar-refractivity contribution in [3.8, 4) is 11.5 Å². The van der Waals surface area contributed by atoms with E-state index in [9.17, 15) is 9.35 Å². The van der Waals surface area contributed by atoms with Gasteiger partial charge in [-0.05, 0) is 56.6 Å². The first-order valence-electron chi connectivity index (χ1n) is 11.2. The molecule has 0 aliphatic heterocycles. The zero-order valence-corrected chi connectivity index (χ0v) is 20.7. The lowest BCUT2D eigenvalue weighted by atomic mass is 10.1. The van der Waals surface area contributed by atoms with Gasteiger partial charge in [0.05, 0.1) is 0 Å². The van der Waals surface area contributed by atoms with E-state index in [2.05, 4.69) is 41.2 Å². The molecule has 2 aromatic carbocycles. The molecule has 3 aromatic rings. The van der Waals surface area contributed by atoms with E-state index >= 15 is 0 Å². The molecule has 1 atom stereocenters. The highest BCUT2D eigenvalue weighted by atomic mass is 32.2. The highest BCUT2D eigenvalue weighted by molar-refractivity contribution is 7.91. The Kier molecular flexibility index (Phi) is 9.11. The number of oxazole rings is 1. The second-order valence-corrected chi connectivity index (χ2v) is 9.98. The van der Waals surface area contributed by atoms with Crippen LogP contribution in [0.25, 0.3) is 11.5 Å². The fourth-order valence-corrected chi connectivity index (χ4v) is 4.61. The van der Waals surface area contributed by atoms with Gasteiger partial charge < -0.3 is 14.3 Å². The molecular formula is C26H33N3O3S. The zero-order chi connectivity index (χ0) is 23.8. The number of carbonyl (C=O) groups excluding carboxylic acids is 1. The SMILES string of the molecule is Cc1cccc(-c2nc(C[S+]([O-])CC(=O)NCCN(Cc3ccccc3)C(C)C)c(C)o2)c1. The highest BCUT2D eigenvalue weighted by Crippen LogP contribution is 2.23. The molecule has 0 radical (unpaired) electrons. The van der Waals surface area contributed by atoms with E-state index in [1.54, 1.807) is 0 Å². The van der Waals surface area contributed by atoms with Crippen LogP contribution in [0.3, 0.4) is 0 Å². The van der Waals surface area contributed by atoms with Gasteiger partial charge in [0.25, 0.3) is 5.91 Å². The van der Waals surface area contributed by atoms with Gasteiger partial charge in [-0.1, -0.05) is 48.0 Å². The molecule has 0 fully saturated rings. The first-order valence-corrected chi connectivity index (χ1v) is 12.7. The van der Waals surface area contributed by atoms with E-state index in [0.717, 1.165) is 24.2 Å². The topological polar surface area (TPSA) is 81.4 Å². The van der Waals surface area contributed by atoms with Gasteiger partial charge in [-0.2, -0.15) is 0 Å². The summed E-state index contributed by atoms with van der Waals surface area (Å²) in [5.74, 6) is 1.08. The largest absolute Gasteiger partial charge is 0.616 e. The van der Waals surface area contributed by atoms with E-state index in [4.69, 9.17) is 4.42 Å². The molecule has 0 aliphatic rings. The lowest BCUT2D eigenvalue weighted by Gasteiger charge is -2.26. The van der Waals surface area contributed by atoms with Gasteiger partial charge in [0.1, 0.15) is 11.5 Å². The molecule has 1 amide bonds. The van der Waals surface area contributed by atoms with Crippen molar-refractivity contribution >= 4 is 17.1 Å². The number of aryl methyl sites for hydroxylation is 2. The van der Waals surface area contributed by atoms with Crippen molar-refractivity contribution in [3.63, 3.8) is 0 Å². The fourth-order valence-electron chi connectivity index (χ4n) is 3.54. The summed E-state index contributed by atoms with van der Waals surface area (Å²) in [6.45, 7) is 10.2. The van der Waals surface area contributed by atoms with Crippen molar-refractivity contribution in [2.75, 3.05) is 18.8 Å². The van der Waals surface area contributed by atoms with Crippen LogP contribution in [0.2, 0.25) is 0 Å². The van der Waals surface area contributed by atoms with Gasteiger partial charge >= 0.3 is 0 Å². The minimum Gasteiger partial charge on any atom is -0.616 e. The lowest BCUT2D eigenvalue weighted by molar-refractivity contribution is -0.118. The third-order valence-electron chi connectivity index (χ3n) is 5.43. The second-order valence-electron chi connectivity index (χ2n) is 8.52. The zero-order valence-electron chi connectivity index (χ0n) is 19.8. The van der Waals surface area contributed by atoms with Crippen LogP contribution >= 0.6 is 0 Å². The third kappa shape index (κ3) is 7.74. The summed E-state index contributed by atoms with van der Waals surface area (Å²) in [6.07, 6.45) is 0. The Morgan fingerprint density at radius 2 is 1.91 bits per heavy atom. The Balaban J connectivity index is 1.46. The highest BCUT2D eigenvalue weighted by Gasteiger charge is 2.20. The molecule has 0 saturated heterocycles. The average Bonchev–Trinajstić information content (AvgIpc) is 3.13. The summed E-state index contributed by atoms with van der Waals surface area (Å²) in [7, 11) is 0. The number of nitrogens with one attached hydrogen (secondary N) is 1. The van der Waals surface area contributed by atoms with Crippen LogP contribution in [0.15, 0.2) is 59.0 Å². The molecule has 7 heteroatoms. The number of carbonyl (C=O) groups is 1. The molecule has 0 spiro atoms. The summed E-state index contributed by atoms with van der Waals surface area (Å²) in [6, 6.07) is 18.5. The van der Waals surface area contributed by atoms with Crippen molar-refractivity contribution in [2.45, 2.75) is 46.0 Å². The maximum absolute atomic E-state index is 12.6. The number of hydrogen-bond donors (Lipinski definition) is 1. The molecule has 0 bridgehead atoms. The van der Waals surface area contributed by atoms with Crippen LogP contribution in [0.5, 0.6) is 0 Å². The van der Waals surface area contributed by atoms with Crippen LogP contribution < -0.4 is 5.32 Å².